The van der Waals surface area contributed by atoms with Crippen molar-refractivity contribution in [1.82, 2.24) is 12.9 Å². The molecule has 2 aromatic rings. The zero-order chi connectivity index (χ0) is 16.3. The number of aromatic nitrogens is 4. The summed E-state index contributed by atoms with van der Waals surface area (Å²) in [6.45, 7) is 0. The van der Waals surface area contributed by atoms with E-state index in [0.29, 0.717) is 0 Å². The second-order valence-corrected chi connectivity index (χ2v) is 6.64. The Morgan fingerprint density at radius 3 is 2.10 bits per heavy atom. The summed E-state index contributed by atoms with van der Waals surface area (Å²) < 4.78 is 75.7. The van der Waals surface area contributed by atoms with Crippen molar-refractivity contribution in [3.05, 3.63) is 37.4 Å². The predicted octanol–water partition coefficient (Wildman–Crippen LogP) is -1.10. The first kappa shape index (κ1) is 17.2. The number of hydrogen-bond acceptors (Lipinski definition) is 6. The minimum atomic E-state index is -5.32. The highest BCUT2D eigenvalue weighted by molar-refractivity contribution is 7.88. The highest BCUT2D eigenvalue weighted by Gasteiger charge is 2.20. The molecule has 2 rings (SSSR count). The number of hydrogen-bond donors (Lipinski definition) is 0. The second-order valence-electron chi connectivity index (χ2n) is 3.56. The first-order valence-corrected chi connectivity index (χ1v) is 7.92. The van der Waals surface area contributed by atoms with Crippen LogP contribution in [0.2, 0.25) is 0 Å². The molecule has 0 radical (unpaired) electrons. The highest BCUT2D eigenvalue weighted by Crippen LogP contribution is 2.00. The number of halogens is 2. The van der Waals surface area contributed by atoms with Crippen LogP contribution in [-0.2, 0) is 27.4 Å². The van der Waals surface area contributed by atoms with Gasteiger partial charge in [-0.3, -0.25) is 0 Å². The van der Waals surface area contributed by atoms with E-state index in [-0.39, 0.29) is 0 Å². The Morgan fingerprint density at radius 1 is 1.19 bits per heavy atom. The van der Waals surface area contributed by atoms with Crippen LogP contribution >= 0.6 is 0 Å². The van der Waals surface area contributed by atoms with Crippen molar-refractivity contribution in [2.45, 2.75) is 5.76 Å². The van der Waals surface area contributed by atoms with Gasteiger partial charge in [-0.25, -0.2) is 18.0 Å². The lowest BCUT2D eigenvalue weighted by Gasteiger charge is -2.01. The molecule has 0 bridgehead atoms. The Bertz CT molecular complexity index is 783. The third-order valence-corrected chi connectivity index (χ3v) is 3.91. The molecule has 13 heteroatoms. The number of imidazole rings is 2. The molecule has 0 saturated heterocycles. The van der Waals surface area contributed by atoms with Crippen LogP contribution in [-0.4, -0.2) is 40.1 Å². The van der Waals surface area contributed by atoms with E-state index < -0.39 is 26.1 Å². The average molecular weight is 344 g/mol. The van der Waals surface area contributed by atoms with Gasteiger partial charge in [0.25, 0.3) is 6.33 Å². The molecular formula is C8H10F2N4O5S2. The van der Waals surface area contributed by atoms with Gasteiger partial charge in [0.1, 0.15) is 18.7 Å². The topological polar surface area (TPSA) is 118 Å². The monoisotopic (exact) mass is 344 g/mol. The number of alkyl halides is 2. The van der Waals surface area contributed by atoms with Gasteiger partial charge in [0.05, 0.1) is 7.05 Å². The maximum absolute atomic E-state index is 11.8. The summed E-state index contributed by atoms with van der Waals surface area (Å²) in [6.07, 6.45) is 8.63. The summed E-state index contributed by atoms with van der Waals surface area (Å²) >= 11 is 0. The van der Waals surface area contributed by atoms with Crippen molar-refractivity contribution >= 4 is 20.3 Å². The van der Waals surface area contributed by atoms with Crippen molar-refractivity contribution in [3.8, 4) is 0 Å². The van der Waals surface area contributed by atoms with Gasteiger partial charge in [0.2, 0.25) is 0 Å². The van der Waals surface area contributed by atoms with E-state index in [9.17, 15) is 17.2 Å². The number of rotatable bonds is 3. The first-order valence-electron chi connectivity index (χ1n) is 5.05. The van der Waals surface area contributed by atoms with E-state index in [1.807, 2.05) is 0 Å². The Balaban J connectivity index is 0.000000270. The average Bonchev–Trinajstić information content (AvgIpc) is 2.98. The molecule has 0 aromatic carbocycles. The Labute approximate surface area is 119 Å². The normalized spacial score (nSPS) is 12.0. The van der Waals surface area contributed by atoms with E-state index in [1.165, 1.54) is 31.2 Å². The lowest BCUT2D eigenvalue weighted by atomic mass is 10.9. The van der Waals surface area contributed by atoms with Crippen molar-refractivity contribution in [3.63, 3.8) is 0 Å². The van der Waals surface area contributed by atoms with E-state index in [2.05, 4.69) is 4.98 Å². The number of nitrogens with zero attached hydrogens (tertiary/aromatic N) is 4. The molecule has 0 amide bonds. The van der Waals surface area contributed by atoms with Gasteiger partial charge in [0.15, 0.2) is 10.1 Å². The molecule has 0 fully saturated rings. The Morgan fingerprint density at radius 2 is 1.76 bits per heavy atom. The zero-order valence-corrected chi connectivity index (χ0v) is 12.1. The van der Waals surface area contributed by atoms with Gasteiger partial charge in [-0.15, -0.1) is 3.97 Å². The molecule has 0 aliphatic rings. The SMILES string of the molecule is C[n+]1ccn(S(=O)(=O)n2ccnc2)c1.O=S(=O)([O-])C(F)F. The van der Waals surface area contributed by atoms with Crippen LogP contribution in [0.3, 0.4) is 0 Å². The summed E-state index contributed by atoms with van der Waals surface area (Å²) in [5, 5.41) is 0. The van der Waals surface area contributed by atoms with Crippen LogP contribution in [0, 0.1) is 0 Å². The van der Waals surface area contributed by atoms with Crippen molar-refractivity contribution in [1.29, 1.82) is 0 Å². The van der Waals surface area contributed by atoms with Crippen LogP contribution in [0.25, 0.3) is 0 Å². The minimum absolute atomic E-state index is 1.05. The van der Waals surface area contributed by atoms with Gasteiger partial charge >= 0.3 is 16.0 Å². The van der Waals surface area contributed by atoms with E-state index >= 15 is 0 Å². The van der Waals surface area contributed by atoms with Crippen molar-refractivity contribution < 1.29 is 34.7 Å². The Kier molecular flexibility index (Phi) is 5.14. The summed E-state index contributed by atoms with van der Waals surface area (Å²) in [4.78, 5) is 3.68. The Hall–Kier alpha value is -1.86. The molecule has 0 spiro atoms. The molecule has 0 N–H and O–H groups in total. The third-order valence-electron chi connectivity index (χ3n) is 1.98. The summed E-state index contributed by atoms with van der Waals surface area (Å²) in [7, 11) is -7.10. The fourth-order valence-electron chi connectivity index (χ4n) is 1.06. The standard InChI is InChI=1S/C7H9N4O2S.CH2F2O3S/c1-9-4-5-11(7-9)14(12,13)10-3-2-8-6-10;2-1(3)7(4,5)6/h2-7H,1H3;1H,(H,4,5,6)/q+1;/p-1. The quantitative estimate of drug-likeness (QED) is 0.515. The third kappa shape index (κ3) is 4.57. The largest absolute Gasteiger partial charge is 0.744 e. The smallest absolute Gasteiger partial charge is 0.408 e. The van der Waals surface area contributed by atoms with Crippen LogP contribution < -0.4 is 4.57 Å². The molecule has 118 valence electrons. The molecule has 2 aromatic heterocycles. The van der Waals surface area contributed by atoms with Gasteiger partial charge in [-0.2, -0.15) is 21.2 Å². The molecule has 0 saturated carbocycles. The molecule has 21 heavy (non-hydrogen) atoms. The van der Waals surface area contributed by atoms with Crippen LogP contribution in [0.5, 0.6) is 0 Å². The molecular weight excluding hydrogens is 334 g/mol. The maximum Gasteiger partial charge on any atom is 0.408 e. The van der Waals surface area contributed by atoms with Crippen molar-refractivity contribution in [2.75, 3.05) is 0 Å². The molecule has 9 nitrogen and oxygen atoms in total. The van der Waals surface area contributed by atoms with E-state index in [4.69, 9.17) is 13.0 Å². The summed E-state index contributed by atoms with van der Waals surface area (Å²) in [6, 6.07) is 0. The van der Waals surface area contributed by atoms with Crippen LogP contribution in [0.1, 0.15) is 0 Å². The highest BCUT2D eigenvalue weighted by atomic mass is 32.2. The number of aryl methyl sites for hydroxylation is 1. The summed E-state index contributed by atoms with van der Waals surface area (Å²) in [5.74, 6) is -3.78. The second kappa shape index (κ2) is 6.28. The van der Waals surface area contributed by atoms with Gasteiger partial charge < -0.3 is 4.55 Å². The van der Waals surface area contributed by atoms with Crippen molar-refractivity contribution in [2.24, 2.45) is 7.05 Å². The minimum Gasteiger partial charge on any atom is -0.744 e. The first-order chi connectivity index (χ1) is 9.55. The fraction of sp³-hybridized carbons (Fsp3) is 0.250. The molecule has 2 heterocycles. The van der Waals surface area contributed by atoms with Gasteiger partial charge in [-0.05, 0) is 0 Å². The maximum atomic E-state index is 11.8. The van der Waals surface area contributed by atoms with Gasteiger partial charge in [-0.1, -0.05) is 0 Å². The fourth-order valence-corrected chi connectivity index (χ4v) is 2.13. The molecule has 0 aliphatic heterocycles. The lowest BCUT2D eigenvalue weighted by molar-refractivity contribution is -0.670. The van der Waals surface area contributed by atoms with Crippen LogP contribution in [0.15, 0.2) is 37.4 Å². The van der Waals surface area contributed by atoms with E-state index in [0.717, 1.165) is 7.94 Å². The van der Waals surface area contributed by atoms with E-state index in [1.54, 1.807) is 17.8 Å². The predicted molar refractivity (Wildman–Crippen MR) is 63.3 cm³/mol. The van der Waals surface area contributed by atoms with Crippen LogP contribution in [0.4, 0.5) is 8.78 Å². The zero-order valence-electron chi connectivity index (χ0n) is 10.4. The lowest BCUT2D eigenvalue weighted by Crippen LogP contribution is -2.26. The molecule has 0 unspecified atom stereocenters. The molecule has 0 atom stereocenters. The molecule has 0 aliphatic carbocycles. The van der Waals surface area contributed by atoms with Gasteiger partial charge in [0, 0.05) is 12.4 Å². The summed E-state index contributed by atoms with van der Waals surface area (Å²) in [5.41, 5.74) is 0.